The van der Waals surface area contributed by atoms with E-state index in [0.29, 0.717) is 19.6 Å². The van der Waals surface area contributed by atoms with Crippen LogP contribution in [0.5, 0.6) is 0 Å². The normalized spacial score (nSPS) is 19.8. The van der Waals surface area contributed by atoms with Gasteiger partial charge in [-0.1, -0.05) is 13.3 Å². The van der Waals surface area contributed by atoms with Gasteiger partial charge in [-0.2, -0.15) is 5.10 Å². The molecule has 252 valence electrons. The van der Waals surface area contributed by atoms with Crippen molar-refractivity contribution in [2.24, 2.45) is 5.41 Å². The number of carbonyl (C=O) groups excluding carboxylic acids is 2. The van der Waals surface area contributed by atoms with Gasteiger partial charge in [0.2, 0.25) is 11.8 Å². The van der Waals surface area contributed by atoms with Gasteiger partial charge >= 0.3 is 0 Å². The molecule has 2 fully saturated rings. The summed E-state index contributed by atoms with van der Waals surface area (Å²) in [7, 11) is 0. The van der Waals surface area contributed by atoms with Crippen LogP contribution in [0, 0.1) is 12.3 Å². The Hall–Kier alpha value is -5.16. The number of carbonyl (C=O) groups is 2. The lowest BCUT2D eigenvalue weighted by Gasteiger charge is -2.41. The Bertz CT molecular complexity index is 1930. The number of anilines is 2. The molecule has 2 aliphatic rings. The SMILES string of the molecule is CCCC1(C(=O)Nc2ccc3[nH]nc(-c4ccncc4)c3c2)CCN(CC(=O)N2CCN(c3ccc(-c4ncc(C)cn4)cc3)C[C@H]2C)C1. The second kappa shape index (κ2) is 13.8. The van der Waals surface area contributed by atoms with Crippen LogP contribution in [-0.2, 0) is 9.59 Å². The molecule has 0 spiro atoms. The number of aromatic amines is 1. The third kappa shape index (κ3) is 6.76. The molecule has 2 N–H and O–H groups in total. The molecular formula is C38H43N9O2. The molecule has 11 nitrogen and oxygen atoms in total. The van der Waals surface area contributed by atoms with Crippen molar-refractivity contribution in [1.82, 2.24) is 34.9 Å². The number of hydrogen-bond donors (Lipinski definition) is 2. The van der Waals surface area contributed by atoms with Crippen molar-refractivity contribution in [2.75, 3.05) is 49.5 Å². The van der Waals surface area contributed by atoms with Gasteiger partial charge in [-0.25, -0.2) is 9.97 Å². The van der Waals surface area contributed by atoms with Crippen LogP contribution in [-0.4, -0.2) is 92.1 Å². The van der Waals surface area contributed by atoms with Gasteiger partial charge in [-0.05, 0) is 93.4 Å². The van der Waals surface area contributed by atoms with E-state index in [4.69, 9.17) is 0 Å². The van der Waals surface area contributed by atoms with Crippen LogP contribution in [0.15, 0.2) is 79.4 Å². The van der Waals surface area contributed by atoms with E-state index in [0.717, 1.165) is 89.4 Å². The molecule has 11 heteroatoms. The number of aryl methyl sites for hydroxylation is 1. The maximum Gasteiger partial charge on any atom is 0.237 e. The molecule has 3 aromatic heterocycles. The summed E-state index contributed by atoms with van der Waals surface area (Å²) in [5, 5.41) is 11.8. The van der Waals surface area contributed by atoms with Gasteiger partial charge in [0.05, 0.1) is 17.5 Å². The van der Waals surface area contributed by atoms with Crippen LogP contribution in [0.4, 0.5) is 11.4 Å². The zero-order valence-corrected chi connectivity index (χ0v) is 28.4. The molecule has 0 radical (unpaired) electrons. The summed E-state index contributed by atoms with van der Waals surface area (Å²) in [6, 6.07) is 18.1. The maximum absolute atomic E-state index is 13.9. The highest BCUT2D eigenvalue weighted by Crippen LogP contribution is 2.37. The monoisotopic (exact) mass is 657 g/mol. The first kappa shape index (κ1) is 32.4. The summed E-state index contributed by atoms with van der Waals surface area (Å²) >= 11 is 0. The molecular weight excluding hydrogens is 614 g/mol. The zero-order chi connectivity index (χ0) is 34.0. The molecule has 2 aliphatic heterocycles. The average Bonchev–Trinajstić information content (AvgIpc) is 3.73. The van der Waals surface area contributed by atoms with E-state index in [1.54, 1.807) is 12.4 Å². The van der Waals surface area contributed by atoms with Crippen molar-refractivity contribution in [3.05, 3.63) is 84.9 Å². The number of H-pyrrole nitrogens is 1. The number of hydrogen-bond acceptors (Lipinski definition) is 8. The molecule has 0 aliphatic carbocycles. The number of nitrogens with zero attached hydrogens (tertiary/aromatic N) is 7. The molecule has 1 unspecified atom stereocenters. The number of rotatable bonds is 9. The van der Waals surface area contributed by atoms with Gasteiger partial charge in [-0.15, -0.1) is 0 Å². The maximum atomic E-state index is 13.9. The predicted octanol–water partition coefficient (Wildman–Crippen LogP) is 5.56. The van der Waals surface area contributed by atoms with Crippen LogP contribution < -0.4 is 10.2 Å². The summed E-state index contributed by atoms with van der Waals surface area (Å²) in [5.41, 5.74) is 6.03. The van der Waals surface area contributed by atoms with Crippen molar-refractivity contribution in [1.29, 1.82) is 0 Å². The van der Waals surface area contributed by atoms with E-state index in [1.807, 2.05) is 54.5 Å². The first-order valence-corrected chi connectivity index (χ1v) is 17.2. The Morgan fingerprint density at radius 2 is 1.76 bits per heavy atom. The quantitative estimate of drug-likeness (QED) is 0.211. The second-order valence-corrected chi connectivity index (χ2v) is 13.5. The Balaban J connectivity index is 0.964. The molecule has 49 heavy (non-hydrogen) atoms. The lowest BCUT2D eigenvalue weighted by atomic mass is 9.81. The lowest BCUT2D eigenvalue weighted by Crippen LogP contribution is -2.56. The van der Waals surface area contributed by atoms with Crippen LogP contribution in [0.25, 0.3) is 33.5 Å². The number of piperazine rings is 1. The van der Waals surface area contributed by atoms with Gasteiger partial charge in [0.25, 0.3) is 0 Å². The van der Waals surface area contributed by atoms with Gasteiger partial charge in [0, 0.05) is 84.9 Å². The number of nitrogens with one attached hydrogen (secondary N) is 2. The van der Waals surface area contributed by atoms with Crippen molar-refractivity contribution in [3.63, 3.8) is 0 Å². The highest BCUT2D eigenvalue weighted by atomic mass is 16.2. The number of amides is 2. The number of benzene rings is 2. The van der Waals surface area contributed by atoms with Gasteiger partial charge in [0.1, 0.15) is 5.69 Å². The van der Waals surface area contributed by atoms with Gasteiger partial charge < -0.3 is 15.1 Å². The van der Waals surface area contributed by atoms with E-state index in [1.165, 1.54) is 0 Å². The molecule has 5 aromatic rings. The van der Waals surface area contributed by atoms with E-state index in [-0.39, 0.29) is 17.9 Å². The molecule has 7 rings (SSSR count). The number of aromatic nitrogens is 5. The Labute approximate surface area is 286 Å². The predicted molar refractivity (Wildman–Crippen MR) is 192 cm³/mol. The van der Waals surface area contributed by atoms with Crippen molar-refractivity contribution >= 4 is 34.1 Å². The van der Waals surface area contributed by atoms with E-state index < -0.39 is 5.41 Å². The molecule has 2 saturated heterocycles. The fourth-order valence-electron chi connectivity index (χ4n) is 7.37. The molecule has 0 saturated carbocycles. The summed E-state index contributed by atoms with van der Waals surface area (Å²) in [5.74, 6) is 0.856. The highest BCUT2D eigenvalue weighted by Gasteiger charge is 2.44. The third-order valence-corrected chi connectivity index (χ3v) is 10.00. The van der Waals surface area contributed by atoms with E-state index in [9.17, 15) is 9.59 Å². The van der Waals surface area contributed by atoms with Crippen molar-refractivity contribution in [3.8, 4) is 22.6 Å². The average molecular weight is 658 g/mol. The van der Waals surface area contributed by atoms with Gasteiger partial charge in [-0.3, -0.25) is 24.6 Å². The van der Waals surface area contributed by atoms with Gasteiger partial charge in [0.15, 0.2) is 5.82 Å². The standard InChI is InChI=1S/C38H43N9O2/c1-4-13-38(37(49)42-30-7-10-33-32(20-30)35(44-43-33)28-11-15-39-16-12-28)14-17-45(25-38)24-34(48)47-19-18-46(23-27(47)3)31-8-5-29(6-9-31)36-40-21-26(2)22-41-36/h5-12,15-16,20-22,27H,4,13-14,17-19,23-25H2,1-3H3,(H,42,49)(H,43,44)/t27-,38?/m1/s1. The number of likely N-dealkylation sites (tertiary alicyclic amines) is 1. The largest absolute Gasteiger partial charge is 0.368 e. The minimum atomic E-state index is -0.547. The van der Waals surface area contributed by atoms with Crippen molar-refractivity contribution < 1.29 is 9.59 Å². The summed E-state index contributed by atoms with van der Waals surface area (Å²) in [4.78, 5) is 47.1. The molecule has 2 amide bonds. The second-order valence-electron chi connectivity index (χ2n) is 13.5. The molecule has 0 bridgehead atoms. The number of fused-ring (bicyclic) bond motifs is 1. The topological polar surface area (TPSA) is 123 Å². The van der Waals surface area contributed by atoms with E-state index >= 15 is 0 Å². The minimum Gasteiger partial charge on any atom is -0.368 e. The van der Waals surface area contributed by atoms with Crippen LogP contribution >= 0.6 is 0 Å². The zero-order valence-electron chi connectivity index (χ0n) is 28.4. The molecule has 5 heterocycles. The smallest absolute Gasteiger partial charge is 0.237 e. The van der Waals surface area contributed by atoms with Crippen LogP contribution in [0.2, 0.25) is 0 Å². The molecule has 2 aromatic carbocycles. The highest BCUT2D eigenvalue weighted by molar-refractivity contribution is 6.00. The molecule has 2 atom stereocenters. The van der Waals surface area contributed by atoms with Crippen LogP contribution in [0.1, 0.15) is 38.7 Å². The van der Waals surface area contributed by atoms with Crippen LogP contribution in [0.3, 0.4) is 0 Å². The Morgan fingerprint density at radius 3 is 2.49 bits per heavy atom. The number of pyridine rings is 1. The Morgan fingerprint density at radius 1 is 0.980 bits per heavy atom. The Kier molecular flexibility index (Phi) is 9.09. The van der Waals surface area contributed by atoms with Crippen molar-refractivity contribution in [2.45, 2.75) is 46.1 Å². The summed E-state index contributed by atoms with van der Waals surface area (Å²) in [6.45, 7) is 10.0. The first-order chi connectivity index (χ1) is 23.8. The van der Waals surface area contributed by atoms with E-state index in [2.05, 4.69) is 78.4 Å². The lowest BCUT2D eigenvalue weighted by molar-refractivity contribution is -0.135. The third-order valence-electron chi connectivity index (χ3n) is 10.00. The minimum absolute atomic E-state index is 0.0135. The fourth-order valence-corrected chi connectivity index (χ4v) is 7.37. The first-order valence-electron chi connectivity index (χ1n) is 17.2. The summed E-state index contributed by atoms with van der Waals surface area (Å²) < 4.78 is 0. The fraction of sp³-hybridized carbons (Fsp3) is 0.368. The summed E-state index contributed by atoms with van der Waals surface area (Å²) in [6.07, 6.45) is 9.54.